The Hall–Kier alpha value is -6.71. The molecule has 2 amide bonds. The van der Waals surface area contributed by atoms with E-state index < -0.39 is 12.0 Å². The molecule has 0 fully saturated rings. The average Bonchev–Trinajstić information content (AvgIpc) is 3.29. The molecular formula is C50H52N6O7S. The molecule has 7 rings (SSSR count). The number of hydrogen-bond acceptors (Lipinski definition) is 11. The van der Waals surface area contributed by atoms with E-state index in [2.05, 4.69) is 25.9 Å². The lowest BCUT2D eigenvalue weighted by Gasteiger charge is -2.16. The number of H-pyrrole nitrogens is 1. The summed E-state index contributed by atoms with van der Waals surface area (Å²) in [7, 11) is 1.60. The van der Waals surface area contributed by atoms with E-state index in [9.17, 15) is 24.6 Å². The number of nitrogens with one attached hydrogen (secondary N) is 4. The SMILES string of the molecule is COc1cccc(Nc2c(C(N)=O)cnc3c(C)cc(Sc4cccc(C(=O)Nc5ccc(CCOCCCCCCNCC(O)c6ccc(O)c7[nH]c(=O)ccc67)cc5)c4)cc23)c1. The Kier molecular flexibility index (Phi) is 15.3. The van der Waals surface area contributed by atoms with Gasteiger partial charge in [-0.2, -0.15) is 0 Å². The van der Waals surface area contributed by atoms with Gasteiger partial charge in [0.15, 0.2) is 0 Å². The fourth-order valence-electron chi connectivity index (χ4n) is 7.47. The number of phenolic OH excluding ortho intramolecular Hbond substituents is 1. The van der Waals surface area contributed by atoms with Crippen LogP contribution in [0.3, 0.4) is 0 Å². The normalized spacial score (nSPS) is 11.7. The summed E-state index contributed by atoms with van der Waals surface area (Å²) in [6.45, 7) is 4.40. The van der Waals surface area contributed by atoms with Crippen molar-refractivity contribution in [3.63, 3.8) is 0 Å². The van der Waals surface area contributed by atoms with Crippen molar-refractivity contribution in [1.29, 1.82) is 0 Å². The standard InChI is InChI=1S/C50H52N6O7S/c1-31-25-38(28-41-46(31)53-29-42(49(51)60)47(41)54-35-10-8-11-36(27-35)62-2)64-37-12-7-9-33(26-37)50(61)55-34-15-13-32(14-16-34)21-24-63-23-6-4-3-5-22-52-30-44(58)39-17-19-43(57)48-40(39)18-20-45(59)56-48/h7-20,25-29,44,52,57-58H,3-6,21-24,30H2,1-2H3,(H2,51,60)(H,53,54)(H,55,61)(H,56,59). The number of aliphatic hydroxyl groups is 1. The maximum Gasteiger partial charge on any atom is 0.255 e. The number of anilines is 3. The number of nitrogens with zero attached hydrogens (tertiary/aromatic N) is 1. The highest BCUT2D eigenvalue weighted by molar-refractivity contribution is 7.99. The molecule has 14 heteroatoms. The van der Waals surface area contributed by atoms with E-state index in [4.69, 9.17) is 15.2 Å². The summed E-state index contributed by atoms with van der Waals surface area (Å²) in [5, 5.41) is 31.8. The summed E-state index contributed by atoms with van der Waals surface area (Å²) in [5.74, 6) is -0.176. The van der Waals surface area contributed by atoms with E-state index in [1.165, 1.54) is 30.1 Å². The number of pyridine rings is 2. The number of hydrogen-bond donors (Lipinski definition) is 7. The zero-order chi connectivity index (χ0) is 45.0. The number of ether oxygens (including phenoxy) is 2. The third-order valence-electron chi connectivity index (χ3n) is 10.8. The van der Waals surface area contributed by atoms with E-state index in [-0.39, 0.29) is 22.8 Å². The molecule has 13 nitrogen and oxygen atoms in total. The largest absolute Gasteiger partial charge is 0.506 e. The molecule has 0 aliphatic carbocycles. The van der Waals surface area contributed by atoms with Crippen LogP contribution in [0.2, 0.25) is 0 Å². The van der Waals surface area contributed by atoms with E-state index in [1.807, 2.05) is 85.8 Å². The molecule has 2 heterocycles. The molecule has 64 heavy (non-hydrogen) atoms. The van der Waals surface area contributed by atoms with Gasteiger partial charge < -0.3 is 46.4 Å². The number of nitrogens with two attached hydrogens (primary N) is 1. The van der Waals surface area contributed by atoms with Crippen molar-refractivity contribution >= 4 is 62.4 Å². The van der Waals surface area contributed by atoms with E-state index in [1.54, 1.807) is 25.3 Å². The number of primary amides is 1. The molecule has 8 N–H and O–H groups in total. The molecule has 330 valence electrons. The van der Waals surface area contributed by atoms with Crippen LogP contribution in [0.5, 0.6) is 11.5 Å². The number of aliphatic hydroxyl groups excluding tert-OH is 1. The number of aromatic hydroxyl groups is 1. The molecule has 0 spiro atoms. The van der Waals surface area contributed by atoms with Crippen LogP contribution >= 0.6 is 11.8 Å². The molecule has 5 aromatic carbocycles. The van der Waals surface area contributed by atoms with Crippen LogP contribution in [0.15, 0.2) is 130 Å². The highest BCUT2D eigenvalue weighted by Crippen LogP contribution is 2.37. The monoisotopic (exact) mass is 880 g/mol. The van der Waals surface area contributed by atoms with Crippen LogP contribution in [-0.4, -0.2) is 65.4 Å². The number of methoxy groups -OCH3 is 1. The van der Waals surface area contributed by atoms with Crippen LogP contribution in [0.1, 0.15) is 69.2 Å². The fraction of sp³-hybridized carbons (Fsp3) is 0.240. The Bertz CT molecular complexity index is 2810. The van der Waals surface area contributed by atoms with Gasteiger partial charge in [-0.3, -0.25) is 19.4 Å². The van der Waals surface area contributed by atoms with Crippen LogP contribution in [0, 0.1) is 6.92 Å². The van der Waals surface area contributed by atoms with Gasteiger partial charge in [0.1, 0.15) is 11.5 Å². The summed E-state index contributed by atoms with van der Waals surface area (Å²) >= 11 is 1.50. The van der Waals surface area contributed by atoms with Crippen molar-refractivity contribution in [2.24, 2.45) is 5.73 Å². The number of amides is 2. The van der Waals surface area contributed by atoms with Crippen LogP contribution in [0.25, 0.3) is 21.8 Å². The highest BCUT2D eigenvalue weighted by atomic mass is 32.2. The second-order valence-corrected chi connectivity index (χ2v) is 16.6. The number of aromatic amines is 1. The molecule has 1 unspecified atom stereocenters. The topological polar surface area (TPSA) is 201 Å². The summed E-state index contributed by atoms with van der Waals surface area (Å²) in [6, 6.07) is 32.8. The quantitative estimate of drug-likeness (QED) is 0.0340. The first kappa shape index (κ1) is 45.3. The molecule has 2 aromatic heterocycles. The molecular weight excluding hydrogens is 829 g/mol. The van der Waals surface area contributed by atoms with Crippen LogP contribution in [-0.2, 0) is 11.2 Å². The Morgan fingerprint density at radius 2 is 1.67 bits per heavy atom. The lowest BCUT2D eigenvalue weighted by molar-refractivity contribution is 0.0998. The number of aromatic nitrogens is 2. The van der Waals surface area contributed by atoms with Crippen LogP contribution in [0.4, 0.5) is 17.1 Å². The van der Waals surface area contributed by atoms with E-state index >= 15 is 0 Å². The van der Waals surface area contributed by atoms with Gasteiger partial charge in [-0.1, -0.05) is 54.9 Å². The Morgan fingerprint density at radius 1 is 0.859 bits per heavy atom. The minimum Gasteiger partial charge on any atom is -0.506 e. The zero-order valence-electron chi connectivity index (χ0n) is 35.8. The number of aryl methyl sites for hydroxylation is 1. The Morgan fingerprint density at radius 3 is 2.48 bits per heavy atom. The first-order valence-electron chi connectivity index (χ1n) is 21.2. The number of carbonyl (C=O) groups is 2. The van der Waals surface area contributed by atoms with Gasteiger partial charge in [-0.05, 0) is 116 Å². The van der Waals surface area contributed by atoms with Gasteiger partial charge in [0.2, 0.25) is 5.56 Å². The first-order chi connectivity index (χ1) is 31.1. The van der Waals surface area contributed by atoms with Gasteiger partial charge in [-0.25, -0.2) is 0 Å². The summed E-state index contributed by atoms with van der Waals surface area (Å²) in [5.41, 5.74) is 12.0. The second kappa shape index (κ2) is 21.6. The van der Waals surface area contributed by atoms with Gasteiger partial charge in [-0.15, -0.1) is 0 Å². The number of carbonyl (C=O) groups excluding carboxylic acids is 2. The second-order valence-electron chi connectivity index (χ2n) is 15.5. The first-order valence-corrected chi connectivity index (χ1v) is 22.0. The lowest BCUT2D eigenvalue weighted by atomic mass is 10.0. The molecule has 0 radical (unpaired) electrons. The van der Waals surface area contributed by atoms with Crippen molar-refractivity contribution in [2.45, 2.75) is 54.9 Å². The van der Waals surface area contributed by atoms with E-state index in [0.29, 0.717) is 58.9 Å². The third kappa shape index (κ3) is 11.6. The summed E-state index contributed by atoms with van der Waals surface area (Å²) in [4.78, 5) is 46.5. The van der Waals surface area contributed by atoms with Crippen molar-refractivity contribution < 1.29 is 29.3 Å². The van der Waals surface area contributed by atoms with Crippen LogP contribution < -0.4 is 32.0 Å². The van der Waals surface area contributed by atoms with Gasteiger partial charge >= 0.3 is 0 Å². The smallest absolute Gasteiger partial charge is 0.255 e. The number of benzene rings is 5. The molecule has 0 saturated carbocycles. The van der Waals surface area contributed by atoms with E-state index in [0.717, 1.165) is 76.2 Å². The predicted octanol–water partition coefficient (Wildman–Crippen LogP) is 8.79. The van der Waals surface area contributed by atoms with Crippen molar-refractivity contribution in [3.05, 3.63) is 154 Å². The highest BCUT2D eigenvalue weighted by Gasteiger charge is 2.18. The number of fused-ring (bicyclic) bond motifs is 2. The number of phenols is 1. The average molecular weight is 881 g/mol. The van der Waals surface area contributed by atoms with Crippen molar-refractivity contribution in [3.8, 4) is 11.5 Å². The number of unbranched alkanes of at least 4 members (excludes halogenated alkanes) is 3. The third-order valence-corrected chi connectivity index (χ3v) is 11.8. The maximum atomic E-state index is 13.4. The lowest BCUT2D eigenvalue weighted by Crippen LogP contribution is -2.22. The van der Waals surface area contributed by atoms with Gasteiger partial charge in [0.25, 0.3) is 11.8 Å². The minimum atomic E-state index is -0.772. The van der Waals surface area contributed by atoms with Gasteiger partial charge in [0, 0.05) is 69.0 Å². The predicted molar refractivity (Wildman–Crippen MR) is 253 cm³/mol. The summed E-state index contributed by atoms with van der Waals surface area (Å²) in [6.07, 6.45) is 5.51. The molecule has 0 aliphatic heterocycles. The maximum absolute atomic E-state index is 13.4. The fourth-order valence-corrected chi connectivity index (χ4v) is 8.48. The molecule has 0 aliphatic rings. The molecule has 0 saturated heterocycles. The molecule has 7 aromatic rings. The van der Waals surface area contributed by atoms with Gasteiger partial charge in [0.05, 0.1) is 42.1 Å². The van der Waals surface area contributed by atoms with Crippen molar-refractivity contribution in [2.75, 3.05) is 44.0 Å². The zero-order valence-corrected chi connectivity index (χ0v) is 36.6. The minimum absolute atomic E-state index is 0.0267. The summed E-state index contributed by atoms with van der Waals surface area (Å²) < 4.78 is 11.3. The Labute approximate surface area is 375 Å². The van der Waals surface area contributed by atoms with Crippen molar-refractivity contribution in [1.82, 2.24) is 15.3 Å². The molecule has 1 atom stereocenters. The molecule has 0 bridgehead atoms. The Balaban J connectivity index is 0.833. The number of rotatable bonds is 21.